The molecule has 154 valence electrons. The van der Waals surface area contributed by atoms with Crippen molar-refractivity contribution in [3.8, 4) is 0 Å². The highest BCUT2D eigenvalue weighted by Gasteiger charge is 2.50. The highest BCUT2D eigenvalue weighted by atomic mass is 32.1. The maximum absolute atomic E-state index is 14.0. The Bertz CT molecular complexity index is 531. The summed E-state index contributed by atoms with van der Waals surface area (Å²) >= 11 is 3.60. The number of allylic oxidation sites excluding steroid dienone is 2. The zero-order valence-corrected chi connectivity index (χ0v) is 14.6. The standard InChI is InChI=1S/C14H17F10NS/c1-3-12(18,19)10(15)8(14(22,23)24)6-9(25-4-5-26)13(20,21)7-11(2,16)17/h26H,3-7H2,1-2H3/b10-8-,25-9+. The van der Waals surface area contributed by atoms with Crippen LogP contribution in [0.2, 0.25) is 0 Å². The Labute approximate surface area is 148 Å². The van der Waals surface area contributed by atoms with Gasteiger partial charge in [-0.3, -0.25) is 4.99 Å². The predicted molar refractivity (Wildman–Crippen MR) is 80.4 cm³/mol. The minimum Gasteiger partial charge on any atom is -0.287 e. The van der Waals surface area contributed by atoms with E-state index in [4.69, 9.17) is 0 Å². The monoisotopic (exact) mass is 421 g/mol. The van der Waals surface area contributed by atoms with Crippen molar-refractivity contribution in [3.63, 3.8) is 0 Å². The molecule has 0 atom stereocenters. The summed E-state index contributed by atoms with van der Waals surface area (Å²) in [4.78, 5) is 3.05. The van der Waals surface area contributed by atoms with E-state index in [1.54, 1.807) is 0 Å². The van der Waals surface area contributed by atoms with Gasteiger partial charge in [-0.05, 0) is 6.92 Å². The molecule has 0 amide bonds. The Balaban J connectivity index is 6.18. The first-order valence-corrected chi connectivity index (χ1v) is 7.85. The molecule has 0 aromatic heterocycles. The van der Waals surface area contributed by atoms with Crippen LogP contribution in [0.1, 0.15) is 33.1 Å². The van der Waals surface area contributed by atoms with Gasteiger partial charge in [0.2, 0.25) is 0 Å². The third-order valence-corrected chi connectivity index (χ3v) is 3.27. The van der Waals surface area contributed by atoms with E-state index in [0.29, 0.717) is 6.92 Å². The third kappa shape index (κ3) is 7.75. The zero-order valence-electron chi connectivity index (χ0n) is 13.7. The fourth-order valence-electron chi connectivity index (χ4n) is 1.82. The first-order chi connectivity index (χ1) is 11.5. The third-order valence-electron chi connectivity index (χ3n) is 3.07. The van der Waals surface area contributed by atoms with Crippen molar-refractivity contribution in [2.45, 2.75) is 57.1 Å². The minimum absolute atomic E-state index is 0.101. The number of aliphatic imine (C=N–C) groups is 1. The molecule has 0 aromatic rings. The highest BCUT2D eigenvalue weighted by molar-refractivity contribution is 7.80. The molecule has 0 bridgehead atoms. The average molecular weight is 421 g/mol. The van der Waals surface area contributed by atoms with Gasteiger partial charge < -0.3 is 0 Å². The molecule has 0 fully saturated rings. The van der Waals surface area contributed by atoms with Crippen LogP contribution >= 0.6 is 12.6 Å². The van der Waals surface area contributed by atoms with E-state index in [1.165, 1.54) is 0 Å². The molecule has 26 heavy (non-hydrogen) atoms. The Kier molecular flexibility index (Phi) is 8.51. The van der Waals surface area contributed by atoms with Crippen LogP contribution in [-0.4, -0.2) is 42.0 Å². The lowest BCUT2D eigenvalue weighted by atomic mass is 9.97. The van der Waals surface area contributed by atoms with Gasteiger partial charge in [-0.2, -0.15) is 43.4 Å². The lowest BCUT2D eigenvalue weighted by Gasteiger charge is -2.25. The van der Waals surface area contributed by atoms with Crippen LogP contribution in [0, 0.1) is 0 Å². The van der Waals surface area contributed by atoms with E-state index in [2.05, 4.69) is 17.6 Å². The second-order valence-electron chi connectivity index (χ2n) is 5.53. The van der Waals surface area contributed by atoms with E-state index in [1.807, 2.05) is 0 Å². The van der Waals surface area contributed by atoms with Gasteiger partial charge in [0.15, 0.2) is 5.83 Å². The van der Waals surface area contributed by atoms with Crippen molar-refractivity contribution in [2.24, 2.45) is 4.99 Å². The Hall–Kier alpha value is -0.940. The molecule has 12 heteroatoms. The summed E-state index contributed by atoms with van der Waals surface area (Å²) in [6.45, 7) is 0.194. The number of nitrogens with zero attached hydrogens (tertiary/aromatic N) is 1. The fourth-order valence-corrected chi connectivity index (χ4v) is 1.92. The summed E-state index contributed by atoms with van der Waals surface area (Å²) in [5, 5.41) is 0. The SMILES string of the molecule is CCC(F)(F)/C(F)=C(\C/C(=N\CCS)C(F)(F)CC(C)(F)F)C(F)(F)F. The number of hydrogen-bond acceptors (Lipinski definition) is 2. The molecule has 1 nitrogen and oxygen atoms in total. The van der Waals surface area contributed by atoms with Gasteiger partial charge in [-0.1, -0.05) is 6.92 Å². The van der Waals surface area contributed by atoms with Crippen molar-refractivity contribution in [1.82, 2.24) is 0 Å². The maximum Gasteiger partial charge on any atom is 0.415 e. The van der Waals surface area contributed by atoms with Crippen LogP contribution in [0.5, 0.6) is 0 Å². The largest absolute Gasteiger partial charge is 0.415 e. The average Bonchev–Trinajstić information content (AvgIpc) is 2.42. The summed E-state index contributed by atoms with van der Waals surface area (Å²) in [5.74, 6) is -16.3. The molecule has 0 rings (SSSR count). The summed E-state index contributed by atoms with van der Waals surface area (Å²) in [6, 6.07) is 0. The molecule has 0 aromatic carbocycles. The van der Waals surface area contributed by atoms with Gasteiger partial charge in [-0.25, -0.2) is 13.2 Å². The van der Waals surface area contributed by atoms with Gasteiger partial charge in [0.05, 0.1) is 17.7 Å². The van der Waals surface area contributed by atoms with E-state index >= 15 is 0 Å². The molecule has 0 saturated carbocycles. The molecule has 0 aliphatic heterocycles. The second-order valence-corrected chi connectivity index (χ2v) is 5.98. The van der Waals surface area contributed by atoms with Crippen LogP contribution in [0.3, 0.4) is 0 Å². The number of alkyl halides is 9. The number of hydrogen-bond donors (Lipinski definition) is 1. The number of thiol groups is 1. The van der Waals surface area contributed by atoms with E-state index in [0.717, 1.165) is 0 Å². The lowest BCUT2D eigenvalue weighted by Crippen LogP contribution is -2.37. The number of rotatable bonds is 9. The van der Waals surface area contributed by atoms with Crippen LogP contribution < -0.4 is 0 Å². The van der Waals surface area contributed by atoms with Crippen molar-refractivity contribution < 1.29 is 43.9 Å². The van der Waals surface area contributed by atoms with Crippen LogP contribution in [0.25, 0.3) is 0 Å². The van der Waals surface area contributed by atoms with Gasteiger partial charge in [0.1, 0.15) is 0 Å². The van der Waals surface area contributed by atoms with E-state index in [9.17, 15) is 43.9 Å². The molecule has 0 heterocycles. The Morgan fingerprint density at radius 3 is 1.77 bits per heavy atom. The van der Waals surface area contributed by atoms with Crippen LogP contribution in [-0.2, 0) is 0 Å². The number of halogens is 10. The lowest BCUT2D eigenvalue weighted by molar-refractivity contribution is -0.101. The second kappa shape index (κ2) is 8.83. The normalized spacial score (nSPS) is 16.0. The molecule has 0 spiro atoms. The molecule has 0 N–H and O–H groups in total. The van der Waals surface area contributed by atoms with Gasteiger partial charge in [0, 0.05) is 25.1 Å². The zero-order chi connectivity index (χ0) is 21.0. The van der Waals surface area contributed by atoms with Crippen molar-refractivity contribution in [3.05, 3.63) is 11.4 Å². The Morgan fingerprint density at radius 1 is 0.923 bits per heavy atom. The van der Waals surface area contributed by atoms with Crippen LogP contribution in [0.15, 0.2) is 16.4 Å². The summed E-state index contributed by atoms with van der Waals surface area (Å²) in [5.41, 5.74) is -4.34. The topological polar surface area (TPSA) is 12.4 Å². The summed E-state index contributed by atoms with van der Waals surface area (Å²) in [7, 11) is 0. The highest BCUT2D eigenvalue weighted by Crippen LogP contribution is 2.42. The van der Waals surface area contributed by atoms with Crippen LogP contribution in [0.4, 0.5) is 43.9 Å². The van der Waals surface area contributed by atoms with Gasteiger partial charge in [0.25, 0.3) is 17.8 Å². The Morgan fingerprint density at radius 2 is 1.42 bits per heavy atom. The molecule has 0 aliphatic carbocycles. The fraction of sp³-hybridized carbons (Fsp3) is 0.786. The molecular formula is C14H17F10NS. The molecule has 0 aliphatic rings. The summed E-state index contributed by atoms with van der Waals surface area (Å²) < 4.78 is 133. The smallest absolute Gasteiger partial charge is 0.287 e. The first-order valence-electron chi connectivity index (χ1n) is 7.22. The predicted octanol–water partition coefficient (Wildman–Crippen LogP) is 6.26. The molecule has 0 radical (unpaired) electrons. The first kappa shape index (κ1) is 25.1. The van der Waals surface area contributed by atoms with Gasteiger partial charge >= 0.3 is 6.18 Å². The minimum atomic E-state index is -5.73. The van der Waals surface area contributed by atoms with Crippen molar-refractivity contribution in [2.75, 3.05) is 12.3 Å². The molecular weight excluding hydrogens is 404 g/mol. The van der Waals surface area contributed by atoms with Gasteiger partial charge in [-0.15, -0.1) is 0 Å². The van der Waals surface area contributed by atoms with Crippen molar-refractivity contribution >= 4 is 18.3 Å². The summed E-state index contributed by atoms with van der Waals surface area (Å²) in [6.07, 6.45) is -11.4. The van der Waals surface area contributed by atoms with E-state index < -0.39 is 66.9 Å². The maximum atomic E-state index is 14.0. The quantitative estimate of drug-likeness (QED) is 0.256. The molecule has 0 saturated heterocycles. The molecule has 0 unspecified atom stereocenters. The van der Waals surface area contributed by atoms with Crippen molar-refractivity contribution in [1.29, 1.82) is 0 Å². The van der Waals surface area contributed by atoms with E-state index in [-0.39, 0.29) is 12.7 Å².